The van der Waals surface area contributed by atoms with Crippen LogP contribution in [0.15, 0.2) is 88.9 Å². The number of benzene rings is 3. The van der Waals surface area contributed by atoms with Crippen LogP contribution in [0.2, 0.25) is 0 Å². The van der Waals surface area contributed by atoms with Crippen molar-refractivity contribution >= 4 is 39.5 Å². The highest BCUT2D eigenvalue weighted by Crippen LogP contribution is 2.21. The summed E-state index contributed by atoms with van der Waals surface area (Å²) in [6.45, 7) is 1.96. The molecule has 0 aliphatic carbocycles. The van der Waals surface area contributed by atoms with Gasteiger partial charge in [0.1, 0.15) is 5.39 Å². The molecule has 2 heterocycles. The van der Waals surface area contributed by atoms with E-state index in [9.17, 15) is 9.59 Å². The van der Waals surface area contributed by atoms with Crippen molar-refractivity contribution in [3.8, 4) is 5.69 Å². The van der Waals surface area contributed by atoms with Crippen molar-refractivity contribution in [2.24, 2.45) is 0 Å². The molecule has 0 spiro atoms. The first-order valence-corrected chi connectivity index (χ1v) is 11.5. The second kappa shape index (κ2) is 8.91. The number of aromatic amines is 1. The first-order valence-electron chi connectivity index (χ1n) is 10.5. The smallest absolute Gasteiger partial charge is 0.262 e. The third kappa shape index (κ3) is 4.38. The summed E-state index contributed by atoms with van der Waals surface area (Å²) in [7, 11) is 0. The van der Waals surface area contributed by atoms with E-state index in [1.165, 1.54) is 18.0 Å². The molecule has 0 saturated carbocycles. The van der Waals surface area contributed by atoms with Crippen molar-refractivity contribution in [2.45, 2.75) is 18.1 Å². The molecule has 0 bridgehead atoms. The summed E-state index contributed by atoms with van der Waals surface area (Å²) in [6, 6.07) is 23.6. The van der Waals surface area contributed by atoms with Crippen molar-refractivity contribution in [1.29, 1.82) is 0 Å². The first-order chi connectivity index (χ1) is 16.1. The molecule has 0 fully saturated rings. The number of carbonyl (C=O) groups is 1. The van der Waals surface area contributed by atoms with Gasteiger partial charge in [0.2, 0.25) is 5.91 Å². The summed E-state index contributed by atoms with van der Waals surface area (Å²) in [5.74, 6) is -0.00812. The molecule has 0 aliphatic heterocycles. The number of carbonyl (C=O) groups excluding carboxylic acids is 1. The zero-order valence-corrected chi connectivity index (χ0v) is 18.7. The minimum atomic E-state index is -0.283. The van der Waals surface area contributed by atoms with Gasteiger partial charge in [0.15, 0.2) is 10.8 Å². The van der Waals surface area contributed by atoms with E-state index in [1.807, 2.05) is 55.5 Å². The van der Waals surface area contributed by atoms with Crippen LogP contribution in [0.4, 0.5) is 0 Å². The van der Waals surface area contributed by atoms with Gasteiger partial charge in [0.25, 0.3) is 5.56 Å². The summed E-state index contributed by atoms with van der Waals surface area (Å²) in [5.41, 5.74) is 2.02. The Labute approximate surface area is 193 Å². The molecule has 33 heavy (non-hydrogen) atoms. The van der Waals surface area contributed by atoms with Crippen LogP contribution in [0, 0.1) is 0 Å². The summed E-state index contributed by atoms with van der Waals surface area (Å²) in [6.07, 6.45) is 1.50. The quantitative estimate of drug-likeness (QED) is 0.295. The second-order valence-corrected chi connectivity index (χ2v) is 8.65. The molecule has 5 rings (SSSR count). The standard InChI is InChI=1S/C25H21N5O2S/c1-16(18-12-11-17-7-5-6-8-19(17)13-18)27-22(31)15-33-25-28-23-21(24(32)29-25)14-26-30(23)20-9-3-2-4-10-20/h2-14,16H,15H2,1H3,(H,27,31)(H,28,29,32)/t16-/m1/s1. The summed E-state index contributed by atoms with van der Waals surface area (Å²) in [5, 5.41) is 10.4. The summed E-state index contributed by atoms with van der Waals surface area (Å²) < 4.78 is 1.62. The summed E-state index contributed by atoms with van der Waals surface area (Å²) in [4.78, 5) is 32.4. The monoisotopic (exact) mass is 455 g/mol. The van der Waals surface area contributed by atoms with Crippen molar-refractivity contribution in [3.05, 3.63) is 94.9 Å². The Hall–Kier alpha value is -3.91. The third-order valence-electron chi connectivity index (χ3n) is 5.41. The van der Waals surface area contributed by atoms with Gasteiger partial charge in [-0.2, -0.15) is 5.10 Å². The third-order valence-corrected chi connectivity index (χ3v) is 6.28. The van der Waals surface area contributed by atoms with Gasteiger partial charge in [-0.1, -0.05) is 66.4 Å². The fourth-order valence-electron chi connectivity index (χ4n) is 3.70. The second-order valence-electron chi connectivity index (χ2n) is 7.68. The molecule has 2 N–H and O–H groups in total. The number of thioether (sulfide) groups is 1. The number of hydrogen-bond donors (Lipinski definition) is 2. The average Bonchev–Trinajstić information content (AvgIpc) is 3.27. The van der Waals surface area contributed by atoms with Gasteiger partial charge in [0, 0.05) is 0 Å². The number of rotatable bonds is 6. The predicted octanol–water partition coefficient (Wildman–Crippen LogP) is 4.23. The van der Waals surface area contributed by atoms with E-state index < -0.39 is 0 Å². The topological polar surface area (TPSA) is 92.7 Å². The number of fused-ring (bicyclic) bond motifs is 2. The maximum Gasteiger partial charge on any atom is 0.262 e. The van der Waals surface area contributed by atoms with Crippen LogP contribution in [0.1, 0.15) is 18.5 Å². The lowest BCUT2D eigenvalue weighted by atomic mass is 10.0. The molecule has 8 heteroatoms. The van der Waals surface area contributed by atoms with Crippen LogP contribution in [0.25, 0.3) is 27.5 Å². The number of H-pyrrole nitrogens is 1. The van der Waals surface area contributed by atoms with E-state index in [0.717, 1.165) is 22.0 Å². The number of hydrogen-bond acceptors (Lipinski definition) is 5. The molecule has 7 nitrogen and oxygen atoms in total. The first kappa shape index (κ1) is 21.0. The van der Waals surface area contributed by atoms with Crippen molar-refractivity contribution in [1.82, 2.24) is 25.1 Å². The van der Waals surface area contributed by atoms with Crippen LogP contribution in [-0.2, 0) is 4.79 Å². The lowest BCUT2D eigenvalue weighted by Gasteiger charge is -2.15. The highest BCUT2D eigenvalue weighted by Gasteiger charge is 2.14. The Morgan fingerprint density at radius 3 is 2.64 bits per heavy atom. The molecule has 0 unspecified atom stereocenters. The van der Waals surface area contributed by atoms with Crippen molar-refractivity contribution in [3.63, 3.8) is 0 Å². The van der Waals surface area contributed by atoms with Gasteiger partial charge in [-0.3, -0.25) is 9.59 Å². The van der Waals surface area contributed by atoms with Crippen LogP contribution >= 0.6 is 11.8 Å². The summed E-state index contributed by atoms with van der Waals surface area (Å²) >= 11 is 1.18. The van der Waals surface area contributed by atoms with Crippen molar-refractivity contribution in [2.75, 3.05) is 5.75 Å². The molecular weight excluding hydrogens is 434 g/mol. The van der Waals surface area contributed by atoms with E-state index in [1.54, 1.807) is 4.68 Å². The minimum Gasteiger partial charge on any atom is -0.349 e. The van der Waals surface area contributed by atoms with Crippen LogP contribution < -0.4 is 10.9 Å². The minimum absolute atomic E-state index is 0.131. The highest BCUT2D eigenvalue weighted by molar-refractivity contribution is 7.99. The van der Waals surface area contributed by atoms with Gasteiger partial charge < -0.3 is 10.3 Å². The number of amides is 1. The van der Waals surface area contributed by atoms with Crippen LogP contribution in [-0.4, -0.2) is 31.4 Å². The Balaban J connectivity index is 1.29. The van der Waals surface area contributed by atoms with Gasteiger partial charge in [0.05, 0.1) is 23.7 Å². The molecule has 164 valence electrons. The molecule has 5 aromatic rings. The Morgan fingerprint density at radius 2 is 1.82 bits per heavy atom. The molecule has 0 saturated heterocycles. The SMILES string of the molecule is C[C@@H](NC(=O)CSc1nc2c(cnn2-c2ccccc2)c(=O)[nH]1)c1ccc2ccccc2c1. The normalized spacial score (nSPS) is 12.2. The highest BCUT2D eigenvalue weighted by atomic mass is 32.2. The molecule has 0 aliphatic rings. The fraction of sp³-hybridized carbons (Fsp3) is 0.120. The molecule has 2 aromatic heterocycles. The lowest BCUT2D eigenvalue weighted by molar-refractivity contribution is -0.119. The van der Waals surface area contributed by atoms with Gasteiger partial charge >= 0.3 is 0 Å². The molecule has 3 aromatic carbocycles. The van der Waals surface area contributed by atoms with E-state index >= 15 is 0 Å². The largest absolute Gasteiger partial charge is 0.349 e. The molecule has 1 amide bonds. The number of aromatic nitrogens is 4. The van der Waals surface area contributed by atoms with Gasteiger partial charge in [-0.05, 0) is 41.5 Å². The Kier molecular flexibility index (Phi) is 5.66. The molecule has 0 radical (unpaired) electrons. The number of nitrogens with zero attached hydrogens (tertiary/aromatic N) is 3. The zero-order chi connectivity index (χ0) is 22.8. The van der Waals surface area contributed by atoms with E-state index in [-0.39, 0.29) is 23.3 Å². The number of nitrogens with one attached hydrogen (secondary N) is 2. The maximum absolute atomic E-state index is 12.6. The van der Waals surface area contributed by atoms with Crippen molar-refractivity contribution < 1.29 is 4.79 Å². The molecular formula is C25H21N5O2S. The lowest BCUT2D eigenvalue weighted by Crippen LogP contribution is -2.28. The van der Waals surface area contributed by atoms with Gasteiger partial charge in [-0.15, -0.1) is 0 Å². The van der Waals surface area contributed by atoms with Crippen LogP contribution in [0.5, 0.6) is 0 Å². The van der Waals surface area contributed by atoms with E-state index in [4.69, 9.17) is 0 Å². The Morgan fingerprint density at radius 1 is 1.06 bits per heavy atom. The van der Waals surface area contributed by atoms with E-state index in [0.29, 0.717) is 16.2 Å². The molecule has 1 atom stereocenters. The van der Waals surface area contributed by atoms with Gasteiger partial charge in [-0.25, -0.2) is 9.67 Å². The predicted molar refractivity (Wildman–Crippen MR) is 131 cm³/mol. The number of para-hydroxylation sites is 1. The fourth-order valence-corrected chi connectivity index (χ4v) is 4.37. The Bertz CT molecular complexity index is 1510. The van der Waals surface area contributed by atoms with E-state index in [2.05, 4.69) is 44.6 Å². The average molecular weight is 456 g/mol. The van der Waals surface area contributed by atoms with Crippen LogP contribution in [0.3, 0.4) is 0 Å². The maximum atomic E-state index is 12.6. The zero-order valence-electron chi connectivity index (χ0n) is 17.9.